The number of hydrogen-bond acceptors (Lipinski definition) is 4. The Labute approximate surface area is 171 Å². The van der Waals surface area contributed by atoms with Crippen LogP contribution in [-0.4, -0.2) is 29.0 Å². The van der Waals surface area contributed by atoms with Crippen LogP contribution in [0.5, 0.6) is 11.5 Å². The molecule has 1 aromatic rings. The van der Waals surface area contributed by atoms with Gasteiger partial charge in [0.05, 0.1) is 13.2 Å². The molecular weight excluding hydrogens is 350 g/mol. The van der Waals surface area contributed by atoms with Crippen molar-refractivity contribution < 1.29 is 14.9 Å². The lowest BCUT2D eigenvalue weighted by Crippen LogP contribution is -2.46. The first-order chi connectivity index (χ1) is 13.3. The Balaban J connectivity index is 1.79. The third-order valence-electron chi connectivity index (χ3n) is 6.20. The summed E-state index contributed by atoms with van der Waals surface area (Å²) in [5, 5.41) is 20.1. The summed E-state index contributed by atoms with van der Waals surface area (Å²) in [5.41, 5.74) is 6.74. The van der Waals surface area contributed by atoms with E-state index in [-0.39, 0.29) is 12.4 Å². The van der Waals surface area contributed by atoms with Crippen molar-refractivity contribution in [3.63, 3.8) is 0 Å². The van der Waals surface area contributed by atoms with E-state index in [1.165, 1.54) is 38.5 Å². The van der Waals surface area contributed by atoms with Gasteiger partial charge < -0.3 is 20.7 Å². The fraction of sp³-hybridized carbons (Fsp3) is 0.750. The van der Waals surface area contributed by atoms with Crippen LogP contribution in [0, 0.1) is 17.8 Å². The van der Waals surface area contributed by atoms with Crippen molar-refractivity contribution in [1.29, 1.82) is 0 Å². The molecule has 4 heteroatoms. The van der Waals surface area contributed by atoms with Crippen molar-refractivity contribution in [3.05, 3.63) is 23.8 Å². The molecule has 28 heavy (non-hydrogen) atoms. The van der Waals surface area contributed by atoms with Crippen LogP contribution in [0.4, 0.5) is 0 Å². The molecule has 0 bridgehead atoms. The molecule has 1 saturated carbocycles. The Morgan fingerprint density at radius 3 is 2.54 bits per heavy atom. The van der Waals surface area contributed by atoms with Gasteiger partial charge in [0, 0.05) is 11.6 Å². The summed E-state index contributed by atoms with van der Waals surface area (Å²) < 4.78 is 5.88. The van der Waals surface area contributed by atoms with E-state index in [1.54, 1.807) is 6.07 Å². The summed E-state index contributed by atoms with van der Waals surface area (Å²) in [5.74, 6) is 2.89. The van der Waals surface area contributed by atoms with E-state index in [4.69, 9.17) is 10.5 Å². The van der Waals surface area contributed by atoms with Crippen LogP contribution < -0.4 is 10.5 Å². The number of hydrogen-bond donors (Lipinski definition) is 3. The summed E-state index contributed by atoms with van der Waals surface area (Å²) >= 11 is 0. The summed E-state index contributed by atoms with van der Waals surface area (Å²) in [6.07, 6.45) is 9.63. The average Bonchev–Trinajstić information content (AvgIpc) is 2.62. The quantitative estimate of drug-likeness (QED) is 0.440. The molecule has 160 valence electrons. The molecule has 1 aliphatic rings. The summed E-state index contributed by atoms with van der Waals surface area (Å²) in [4.78, 5) is 0. The van der Waals surface area contributed by atoms with Gasteiger partial charge in [-0.3, -0.25) is 0 Å². The first-order valence-corrected chi connectivity index (χ1v) is 11.2. The smallest absolute Gasteiger partial charge is 0.123 e. The number of phenols is 1. The molecule has 4 nitrogen and oxygen atoms in total. The Hall–Kier alpha value is -1.26. The Morgan fingerprint density at radius 2 is 1.96 bits per heavy atom. The minimum Gasteiger partial charge on any atom is -0.508 e. The molecule has 0 radical (unpaired) electrons. The molecule has 0 amide bonds. The van der Waals surface area contributed by atoms with Crippen LogP contribution >= 0.6 is 0 Å². The molecule has 1 aliphatic carbocycles. The Morgan fingerprint density at radius 1 is 1.21 bits per heavy atom. The fourth-order valence-corrected chi connectivity index (χ4v) is 3.94. The Bertz CT molecular complexity index is 585. The monoisotopic (exact) mass is 391 g/mol. The highest BCUT2D eigenvalue weighted by molar-refractivity contribution is 5.39. The number of ether oxygens (including phenoxy) is 1. The largest absolute Gasteiger partial charge is 0.508 e. The molecule has 0 aromatic heterocycles. The van der Waals surface area contributed by atoms with Crippen LogP contribution in [0.1, 0.15) is 77.7 Å². The summed E-state index contributed by atoms with van der Waals surface area (Å²) in [6, 6.07) is 5.56. The molecule has 2 atom stereocenters. The van der Waals surface area contributed by atoms with Gasteiger partial charge in [-0.25, -0.2) is 0 Å². The minimum absolute atomic E-state index is 0.000153. The average molecular weight is 392 g/mol. The molecular formula is C24H41NO3. The van der Waals surface area contributed by atoms with Crippen molar-refractivity contribution in [2.75, 3.05) is 13.2 Å². The van der Waals surface area contributed by atoms with Crippen LogP contribution in [0.2, 0.25) is 0 Å². The molecule has 0 aliphatic heterocycles. The lowest BCUT2D eigenvalue weighted by molar-refractivity contribution is 0.135. The molecule has 1 aromatic carbocycles. The predicted octanol–water partition coefficient (Wildman–Crippen LogP) is 5.05. The molecule has 0 heterocycles. The number of aliphatic hydroxyl groups is 1. The van der Waals surface area contributed by atoms with Crippen molar-refractivity contribution in [2.24, 2.45) is 23.5 Å². The van der Waals surface area contributed by atoms with Gasteiger partial charge in [0.2, 0.25) is 0 Å². The molecule has 4 N–H and O–H groups in total. The molecule has 2 unspecified atom stereocenters. The van der Waals surface area contributed by atoms with Gasteiger partial charge in [-0.2, -0.15) is 0 Å². The first kappa shape index (κ1) is 23.0. The number of nitrogens with two attached hydrogens (primary N) is 1. The number of benzene rings is 1. The van der Waals surface area contributed by atoms with Crippen molar-refractivity contribution in [3.8, 4) is 11.5 Å². The Kier molecular flexibility index (Phi) is 9.10. The first-order valence-electron chi connectivity index (χ1n) is 11.2. The van der Waals surface area contributed by atoms with Crippen LogP contribution in [0.25, 0.3) is 0 Å². The highest BCUT2D eigenvalue weighted by atomic mass is 16.5. The number of aliphatic hydroxyl groups excluding tert-OH is 1. The van der Waals surface area contributed by atoms with E-state index >= 15 is 0 Å². The topological polar surface area (TPSA) is 75.7 Å². The second kappa shape index (κ2) is 11.1. The second-order valence-corrected chi connectivity index (χ2v) is 9.55. The maximum absolute atomic E-state index is 10.4. The van der Waals surface area contributed by atoms with Crippen molar-refractivity contribution in [2.45, 2.75) is 84.1 Å². The third kappa shape index (κ3) is 7.63. The number of phenolic OH excluding ortho intramolecular Hbond substituents is 1. The van der Waals surface area contributed by atoms with Gasteiger partial charge in [-0.05, 0) is 55.1 Å². The molecule has 2 rings (SSSR count). The van der Waals surface area contributed by atoms with E-state index in [1.807, 2.05) is 12.1 Å². The van der Waals surface area contributed by atoms with E-state index in [2.05, 4.69) is 20.8 Å². The van der Waals surface area contributed by atoms with E-state index < -0.39 is 5.54 Å². The van der Waals surface area contributed by atoms with E-state index in [0.717, 1.165) is 17.9 Å². The summed E-state index contributed by atoms with van der Waals surface area (Å²) in [6.45, 7) is 7.41. The molecule has 0 spiro atoms. The normalized spacial score (nSPS) is 17.9. The minimum atomic E-state index is -0.544. The predicted molar refractivity (Wildman–Crippen MR) is 116 cm³/mol. The number of aromatic hydroxyl groups is 1. The third-order valence-corrected chi connectivity index (χ3v) is 6.20. The van der Waals surface area contributed by atoms with Gasteiger partial charge >= 0.3 is 0 Å². The molecule has 1 fully saturated rings. The summed E-state index contributed by atoms with van der Waals surface area (Å²) in [7, 11) is 0. The van der Waals surface area contributed by atoms with E-state index in [0.29, 0.717) is 37.0 Å². The van der Waals surface area contributed by atoms with Crippen molar-refractivity contribution in [1.82, 2.24) is 0 Å². The van der Waals surface area contributed by atoms with E-state index in [9.17, 15) is 10.2 Å². The second-order valence-electron chi connectivity index (χ2n) is 9.55. The van der Waals surface area contributed by atoms with Gasteiger partial charge in [-0.1, -0.05) is 58.9 Å². The maximum Gasteiger partial charge on any atom is 0.123 e. The maximum atomic E-state index is 10.4. The zero-order valence-corrected chi connectivity index (χ0v) is 18.1. The number of aryl methyl sites for hydroxylation is 1. The van der Waals surface area contributed by atoms with Crippen LogP contribution in [0.15, 0.2) is 18.2 Å². The molecule has 0 saturated heterocycles. The lowest BCUT2D eigenvalue weighted by Gasteiger charge is -2.35. The highest BCUT2D eigenvalue weighted by Gasteiger charge is 2.31. The standard InChI is InChI=1S/C24H41NO3/c1-18(2)6-4-7-19(3)16-28-22-11-10-21(23(27)14-22)12-13-24(25,17-26)15-20-8-5-9-20/h10-11,14,18-20,26-27H,4-9,12-13,15-17,25H2,1-3H3. The van der Waals surface area contributed by atoms with Crippen LogP contribution in [0.3, 0.4) is 0 Å². The zero-order valence-electron chi connectivity index (χ0n) is 18.1. The van der Waals surface area contributed by atoms with Gasteiger partial charge in [0.1, 0.15) is 11.5 Å². The van der Waals surface area contributed by atoms with Gasteiger partial charge in [0.25, 0.3) is 0 Å². The van der Waals surface area contributed by atoms with Gasteiger partial charge in [-0.15, -0.1) is 0 Å². The fourth-order valence-electron chi connectivity index (χ4n) is 3.94. The highest BCUT2D eigenvalue weighted by Crippen LogP contribution is 2.35. The van der Waals surface area contributed by atoms with Crippen LogP contribution in [-0.2, 0) is 6.42 Å². The zero-order chi connectivity index (χ0) is 20.6. The SMILES string of the molecule is CC(C)CCCC(C)COc1ccc(CCC(N)(CO)CC2CCC2)c(O)c1. The van der Waals surface area contributed by atoms with Gasteiger partial charge in [0.15, 0.2) is 0 Å². The number of rotatable bonds is 13. The lowest BCUT2D eigenvalue weighted by atomic mass is 9.75. The van der Waals surface area contributed by atoms with Crippen molar-refractivity contribution >= 4 is 0 Å².